The lowest BCUT2D eigenvalue weighted by molar-refractivity contribution is -0.123. The minimum Gasteiger partial charge on any atom is -0.484 e. The largest absolute Gasteiger partial charge is 0.484 e. The van der Waals surface area contributed by atoms with Crippen molar-refractivity contribution in [1.82, 2.24) is 5.32 Å². The van der Waals surface area contributed by atoms with Gasteiger partial charge >= 0.3 is 0 Å². The molecule has 1 aromatic rings. The Labute approximate surface area is 116 Å². The number of rotatable bonds is 9. The predicted molar refractivity (Wildman–Crippen MR) is 78.4 cm³/mol. The van der Waals surface area contributed by atoms with E-state index in [9.17, 15) is 4.79 Å². The van der Waals surface area contributed by atoms with Gasteiger partial charge in [-0.05, 0) is 25.0 Å². The Morgan fingerprint density at radius 1 is 1.16 bits per heavy atom. The quantitative estimate of drug-likeness (QED) is 0.693. The second-order valence-corrected chi connectivity index (χ2v) is 4.82. The fourth-order valence-electron chi connectivity index (χ4n) is 1.87. The summed E-state index contributed by atoms with van der Waals surface area (Å²) in [7, 11) is 0. The first kappa shape index (κ1) is 15.5. The van der Waals surface area contributed by atoms with E-state index in [1.54, 1.807) is 0 Å². The van der Waals surface area contributed by atoms with Crippen molar-refractivity contribution in [3.05, 3.63) is 29.8 Å². The number of nitrogens with one attached hydrogen (secondary N) is 1. The molecule has 1 N–H and O–H groups in total. The predicted octanol–water partition coefficient (Wildman–Crippen LogP) is 3.46. The summed E-state index contributed by atoms with van der Waals surface area (Å²) in [5, 5.41) is 2.89. The van der Waals surface area contributed by atoms with Gasteiger partial charge in [-0.3, -0.25) is 4.79 Å². The zero-order valence-corrected chi connectivity index (χ0v) is 12.1. The van der Waals surface area contributed by atoms with Gasteiger partial charge in [0.25, 0.3) is 5.91 Å². The number of hydrogen-bond acceptors (Lipinski definition) is 2. The van der Waals surface area contributed by atoms with Crippen molar-refractivity contribution in [2.75, 3.05) is 13.2 Å². The second kappa shape index (κ2) is 9.42. The average molecular weight is 263 g/mol. The molecule has 0 saturated heterocycles. The fourth-order valence-corrected chi connectivity index (χ4v) is 1.87. The summed E-state index contributed by atoms with van der Waals surface area (Å²) in [5.74, 6) is 0.736. The third-order valence-corrected chi connectivity index (χ3v) is 3.05. The summed E-state index contributed by atoms with van der Waals surface area (Å²) < 4.78 is 5.48. The molecule has 0 spiro atoms. The van der Waals surface area contributed by atoms with Crippen molar-refractivity contribution in [3.8, 4) is 5.75 Å². The van der Waals surface area contributed by atoms with E-state index in [1.807, 2.05) is 31.2 Å². The monoisotopic (exact) mass is 263 g/mol. The van der Waals surface area contributed by atoms with Gasteiger partial charge in [0, 0.05) is 6.54 Å². The molecule has 3 nitrogen and oxygen atoms in total. The first-order valence-electron chi connectivity index (χ1n) is 7.19. The topological polar surface area (TPSA) is 38.3 Å². The van der Waals surface area contributed by atoms with Crippen LogP contribution in [0.15, 0.2) is 24.3 Å². The summed E-state index contributed by atoms with van der Waals surface area (Å²) in [5.41, 5.74) is 1.05. The molecule has 0 radical (unpaired) electrons. The molecule has 0 atom stereocenters. The Balaban J connectivity index is 2.10. The number of ether oxygens (including phenoxy) is 1. The number of carbonyl (C=O) groups excluding carboxylic acids is 1. The Morgan fingerprint density at radius 2 is 1.89 bits per heavy atom. The van der Waals surface area contributed by atoms with E-state index in [-0.39, 0.29) is 12.5 Å². The summed E-state index contributed by atoms with van der Waals surface area (Å²) in [6.45, 7) is 5.02. The molecule has 106 valence electrons. The van der Waals surface area contributed by atoms with Gasteiger partial charge in [0.1, 0.15) is 5.75 Å². The molecule has 0 heterocycles. The number of unbranched alkanes of at least 4 members (excludes halogenated alkanes) is 4. The highest BCUT2D eigenvalue weighted by Crippen LogP contribution is 2.15. The van der Waals surface area contributed by atoms with Gasteiger partial charge in [-0.25, -0.2) is 0 Å². The summed E-state index contributed by atoms with van der Waals surface area (Å²) in [4.78, 5) is 11.6. The van der Waals surface area contributed by atoms with Crippen LogP contribution in [0.1, 0.15) is 44.6 Å². The first-order valence-corrected chi connectivity index (χ1v) is 7.19. The van der Waals surface area contributed by atoms with Gasteiger partial charge in [0.15, 0.2) is 6.61 Å². The maximum absolute atomic E-state index is 11.6. The van der Waals surface area contributed by atoms with Crippen LogP contribution in [-0.4, -0.2) is 19.1 Å². The molecule has 0 unspecified atom stereocenters. The number of amides is 1. The van der Waals surface area contributed by atoms with Crippen LogP contribution in [0.2, 0.25) is 0 Å². The molecule has 0 aliphatic carbocycles. The van der Waals surface area contributed by atoms with Crippen molar-refractivity contribution < 1.29 is 9.53 Å². The lowest BCUT2D eigenvalue weighted by Crippen LogP contribution is -2.29. The van der Waals surface area contributed by atoms with Crippen LogP contribution in [0, 0.1) is 6.92 Å². The fraction of sp³-hybridized carbons (Fsp3) is 0.562. The molecule has 0 bridgehead atoms. The number of aryl methyl sites for hydroxylation is 1. The average Bonchev–Trinajstić information content (AvgIpc) is 2.42. The maximum atomic E-state index is 11.6. The highest BCUT2D eigenvalue weighted by Gasteiger charge is 2.03. The van der Waals surface area contributed by atoms with Crippen molar-refractivity contribution in [2.45, 2.75) is 46.0 Å². The third kappa shape index (κ3) is 6.85. The Morgan fingerprint density at radius 3 is 2.63 bits per heavy atom. The van der Waals surface area contributed by atoms with Crippen molar-refractivity contribution in [1.29, 1.82) is 0 Å². The lowest BCUT2D eigenvalue weighted by Gasteiger charge is -2.09. The number of para-hydroxylation sites is 1. The van der Waals surface area contributed by atoms with Crippen LogP contribution in [-0.2, 0) is 4.79 Å². The molecule has 1 amide bonds. The van der Waals surface area contributed by atoms with Gasteiger partial charge in [-0.1, -0.05) is 50.8 Å². The number of hydrogen-bond donors (Lipinski definition) is 1. The van der Waals surface area contributed by atoms with Gasteiger partial charge in [0.2, 0.25) is 0 Å². The highest BCUT2D eigenvalue weighted by molar-refractivity contribution is 5.77. The van der Waals surface area contributed by atoms with Crippen LogP contribution in [0.25, 0.3) is 0 Å². The van der Waals surface area contributed by atoms with E-state index in [4.69, 9.17) is 4.74 Å². The van der Waals surface area contributed by atoms with E-state index in [0.717, 1.165) is 24.3 Å². The smallest absolute Gasteiger partial charge is 0.257 e. The molecular weight excluding hydrogens is 238 g/mol. The van der Waals surface area contributed by atoms with Gasteiger partial charge in [-0.2, -0.15) is 0 Å². The van der Waals surface area contributed by atoms with Crippen LogP contribution >= 0.6 is 0 Å². The van der Waals surface area contributed by atoms with Crippen LogP contribution in [0.5, 0.6) is 5.75 Å². The zero-order chi connectivity index (χ0) is 13.9. The molecular formula is C16H25NO2. The van der Waals surface area contributed by atoms with E-state index < -0.39 is 0 Å². The Bertz CT molecular complexity index is 377. The van der Waals surface area contributed by atoms with Gasteiger partial charge < -0.3 is 10.1 Å². The molecule has 1 rings (SSSR count). The molecule has 1 aromatic carbocycles. The molecule has 3 heteroatoms. The van der Waals surface area contributed by atoms with Crippen molar-refractivity contribution in [2.24, 2.45) is 0 Å². The molecule has 0 aliphatic rings. The number of benzene rings is 1. The Hall–Kier alpha value is -1.51. The molecule has 0 aliphatic heterocycles. The molecule has 19 heavy (non-hydrogen) atoms. The van der Waals surface area contributed by atoms with Crippen LogP contribution in [0.3, 0.4) is 0 Å². The molecule has 0 saturated carbocycles. The zero-order valence-electron chi connectivity index (χ0n) is 12.1. The first-order chi connectivity index (χ1) is 9.24. The van der Waals surface area contributed by atoms with E-state index in [2.05, 4.69) is 12.2 Å². The molecule has 0 fully saturated rings. The van der Waals surface area contributed by atoms with Crippen molar-refractivity contribution >= 4 is 5.91 Å². The minimum absolute atomic E-state index is 0.0428. The minimum atomic E-state index is -0.0428. The van der Waals surface area contributed by atoms with E-state index in [1.165, 1.54) is 25.7 Å². The second-order valence-electron chi connectivity index (χ2n) is 4.82. The number of carbonyl (C=O) groups is 1. The van der Waals surface area contributed by atoms with E-state index >= 15 is 0 Å². The van der Waals surface area contributed by atoms with Crippen LogP contribution < -0.4 is 10.1 Å². The SMILES string of the molecule is CCCCCCCNC(=O)COc1ccccc1C. The lowest BCUT2D eigenvalue weighted by atomic mass is 10.1. The van der Waals surface area contributed by atoms with Gasteiger partial charge in [-0.15, -0.1) is 0 Å². The third-order valence-electron chi connectivity index (χ3n) is 3.05. The van der Waals surface area contributed by atoms with Crippen molar-refractivity contribution in [3.63, 3.8) is 0 Å². The summed E-state index contributed by atoms with van der Waals surface area (Å²) in [6, 6.07) is 7.72. The van der Waals surface area contributed by atoms with Crippen LogP contribution in [0.4, 0.5) is 0 Å². The summed E-state index contributed by atoms with van der Waals surface area (Å²) >= 11 is 0. The maximum Gasteiger partial charge on any atom is 0.257 e. The highest BCUT2D eigenvalue weighted by atomic mass is 16.5. The summed E-state index contributed by atoms with van der Waals surface area (Å²) in [6.07, 6.45) is 6.02. The standard InChI is InChI=1S/C16H25NO2/c1-3-4-5-6-9-12-17-16(18)13-19-15-11-8-7-10-14(15)2/h7-8,10-11H,3-6,9,12-13H2,1-2H3,(H,17,18). The Kier molecular flexibility index (Phi) is 7.71. The van der Waals surface area contributed by atoms with Gasteiger partial charge in [0.05, 0.1) is 0 Å². The van der Waals surface area contributed by atoms with E-state index in [0.29, 0.717) is 0 Å². The molecule has 0 aromatic heterocycles. The normalized spacial score (nSPS) is 10.2.